The molecule has 136 valence electrons. The number of hydrogen-bond donors (Lipinski definition) is 3. The first kappa shape index (κ1) is 17.5. The molecule has 0 aliphatic carbocycles. The zero-order chi connectivity index (χ0) is 18.8. The Bertz CT molecular complexity index is 1050. The molecule has 2 aromatic carbocycles. The normalized spacial score (nSPS) is 16.8. The maximum Gasteiger partial charge on any atom is 0.229 e. The number of hydrogen-bond acceptors (Lipinski definition) is 4. The van der Waals surface area contributed by atoms with E-state index in [2.05, 4.69) is 26.9 Å². The first-order valence-electron chi connectivity index (χ1n) is 8.85. The van der Waals surface area contributed by atoms with Crippen LogP contribution in [0.3, 0.4) is 0 Å². The summed E-state index contributed by atoms with van der Waals surface area (Å²) in [6, 6.07) is 13.0. The number of nitriles is 1. The van der Waals surface area contributed by atoms with Crippen molar-refractivity contribution in [3.8, 4) is 17.2 Å². The minimum Gasteiger partial charge on any atom is -0.316 e. The minimum absolute atomic E-state index is 0.0227. The van der Waals surface area contributed by atoms with Gasteiger partial charge < -0.3 is 10.6 Å². The first-order chi connectivity index (χ1) is 13.2. The van der Waals surface area contributed by atoms with Gasteiger partial charge in [-0.15, -0.1) is 0 Å². The van der Waals surface area contributed by atoms with E-state index in [9.17, 15) is 4.79 Å². The Morgan fingerprint density at radius 1 is 1.30 bits per heavy atom. The van der Waals surface area contributed by atoms with E-state index in [-0.39, 0.29) is 11.8 Å². The molecule has 2 heterocycles. The molecule has 1 atom stereocenters. The standard InChI is InChI=1S/C20H18ClN5O/c21-17-5-3-12(10-22)8-15(17)13-4-6-18-16(9-13)19(26-25-18)24-20(27)14-2-1-7-23-11-14/h3-6,8-9,14,23H,1-2,7,11H2,(H2,24,25,26,27). The van der Waals surface area contributed by atoms with Gasteiger partial charge in [0.05, 0.1) is 23.1 Å². The third-order valence-corrected chi connectivity index (χ3v) is 5.21. The van der Waals surface area contributed by atoms with Crippen molar-refractivity contribution in [1.29, 1.82) is 5.26 Å². The number of aromatic nitrogens is 2. The van der Waals surface area contributed by atoms with Crippen molar-refractivity contribution in [2.24, 2.45) is 5.92 Å². The summed E-state index contributed by atoms with van der Waals surface area (Å²) in [5.41, 5.74) is 3.00. The quantitative estimate of drug-likeness (QED) is 0.646. The van der Waals surface area contributed by atoms with Crippen molar-refractivity contribution in [3.05, 3.63) is 47.0 Å². The number of anilines is 1. The van der Waals surface area contributed by atoms with Crippen LogP contribution in [0.15, 0.2) is 36.4 Å². The van der Waals surface area contributed by atoms with Gasteiger partial charge in [0, 0.05) is 22.5 Å². The fraction of sp³-hybridized carbons (Fsp3) is 0.250. The number of nitrogens with zero attached hydrogens (tertiary/aromatic N) is 2. The van der Waals surface area contributed by atoms with Crippen LogP contribution in [0.1, 0.15) is 18.4 Å². The van der Waals surface area contributed by atoms with E-state index >= 15 is 0 Å². The van der Waals surface area contributed by atoms with E-state index in [1.54, 1.807) is 18.2 Å². The van der Waals surface area contributed by atoms with Crippen LogP contribution in [-0.4, -0.2) is 29.2 Å². The second-order valence-electron chi connectivity index (χ2n) is 6.67. The maximum atomic E-state index is 12.5. The van der Waals surface area contributed by atoms with Gasteiger partial charge in [-0.2, -0.15) is 10.4 Å². The van der Waals surface area contributed by atoms with Crippen LogP contribution < -0.4 is 10.6 Å². The van der Waals surface area contributed by atoms with Gasteiger partial charge in [-0.3, -0.25) is 9.89 Å². The van der Waals surface area contributed by atoms with E-state index in [0.29, 0.717) is 22.9 Å². The molecule has 7 heteroatoms. The molecule has 0 saturated carbocycles. The molecule has 1 fully saturated rings. The molecule has 0 spiro atoms. The Kier molecular flexibility index (Phi) is 4.80. The fourth-order valence-corrected chi connectivity index (χ4v) is 3.61. The minimum atomic E-state index is -0.0459. The Hall–Kier alpha value is -2.88. The molecular weight excluding hydrogens is 362 g/mol. The van der Waals surface area contributed by atoms with Crippen molar-refractivity contribution >= 4 is 34.2 Å². The van der Waals surface area contributed by atoms with Crippen molar-refractivity contribution in [2.75, 3.05) is 18.4 Å². The van der Waals surface area contributed by atoms with E-state index in [4.69, 9.17) is 16.9 Å². The molecule has 1 saturated heterocycles. The summed E-state index contributed by atoms with van der Waals surface area (Å²) in [5.74, 6) is 0.441. The zero-order valence-corrected chi connectivity index (χ0v) is 15.3. The lowest BCUT2D eigenvalue weighted by atomic mass is 9.98. The molecule has 0 radical (unpaired) electrons. The SMILES string of the molecule is N#Cc1ccc(Cl)c(-c2ccc3[nH]nc(NC(=O)C4CCCNC4)c3c2)c1. The monoisotopic (exact) mass is 379 g/mol. The van der Waals surface area contributed by atoms with Crippen LogP contribution in [-0.2, 0) is 4.79 Å². The number of rotatable bonds is 3. The van der Waals surface area contributed by atoms with Crippen molar-refractivity contribution in [2.45, 2.75) is 12.8 Å². The lowest BCUT2D eigenvalue weighted by Crippen LogP contribution is -2.37. The Morgan fingerprint density at radius 2 is 2.19 bits per heavy atom. The van der Waals surface area contributed by atoms with Gasteiger partial charge in [0.25, 0.3) is 0 Å². The second-order valence-corrected chi connectivity index (χ2v) is 7.08. The highest BCUT2D eigenvalue weighted by atomic mass is 35.5. The van der Waals surface area contributed by atoms with Crippen LogP contribution in [0.4, 0.5) is 5.82 Å². The number of carbonyl (C=O) groups excluding carboxylic acids is 1. The second kappa shape index (κ2) is 7.39. The van der Waals surface area contributed by atoms with Gasteiger partial charge in [-0.1, -0.05) is 17.7 Å². The van der Waals surface area contributed by atoms with Gasteiger partial charge >= 0.3 is 0 Å². The average molecular weight is 380 g/mol. The molecule has 3 N–H and O–H groups in total. The zero-order valence-electron chi connectivity index (χ0n) is 14.6. The van der Waals surface area contributed by atoms with Crippen LogP contribution >= 0.6 is 11.6 Å². The van der Waals surface area contributed by atoms with E-state index < -0.39 is 0 Å². The largest absolute Gasteiger partial charge is 0.316 e. The number of H-pyrrole nitrogens is 1. The fourth-order valence-electron chi connectivity index (χ4n) is 3.39. The smallest absolute Gasteiger partial charge is 0.229 e. The summed E-state index contributed by atoms with van der Waals surface area (Å²) in [6.07, 6.45) is 1.88. The number of piperidine rings is 1. The molecule has 27 heavy (non-hydrogen) atoms. The highest BCUT2D eigenvalue weighted by Gasteiger charge is 2.22. The van der Waals surface area contributed by atoms with Gasteiger partial charge in [0.15, 0.2) is 5.82 Å². The van der Waals surface area contributed by atoms with Crippen LogP contribution in [0.25, 0.3) is 22.0 Å². The summed E-state index contributed by atoms with van der Waals surface area (Å²) in [5, 5.41) is 23.9. The molecule has 1 aliphatic rings. The number of nitrogens with one attached hydrogen (secondary N) is 3. The van der Waals surface area contributed by atoms with Gasteiger partial charge in [-0.25, -0.2) is 0 Å². The van der Waals surface area contributed by atoms with E-state index in [1.807, 2.05) is 18.2 Å². The molecule has 1 aromatic heterocycles. The van der Waals surface area contributed by atoms with E-state index in [0.717, 1.165) is 41.4 Å². The molecule has 3 aromatic rings. The number of carbonyl (C=O) groups is 1. The molecule has 6 nitrogen and oxygen atoms in total. The third kappa shape index (κ3) is 3.52. The number of halogens is 1. The molecule has 1 unspecified atom stereocenters. The molecule has 0 bridgehead atoms. The number of fused-ring (bicyclic) bond motifs is 1. The van der Waals surface area contributed by atoms with Crippen molar-refractivity contribution in [3.63, 3.8) is 0 Å². The third-order valence-electron chi connectivity index (χ3n) is 4.88. The average Bonchev–Trinajstić information content (AvgIpc) is 3.11. The summed E-state index contributed by atoms with van der Waals surface area (Å²) in [7, 11) is 0. The van der Waals surface area contributed by atoms with Gasteiger partial charge in [0.1, 0.15) is 0 Å². The Labute approximate surface area is 161 Å². The number of aromatic amines is 1. The topological polar surface area (TPSA) is 93.6 Å². The predicted octanol–water partition coefficient (Wildman–Crippen LogP) is 3.69. The lowest BCUT2D eigenvalue weighted by Gasteiger charge is -2.21. The Balaban J connectivity index is 1.67. The molecule has 4 rings (SSSR count). The molecule has 1 aliphatic heterocycles. The van der Waals surface area contributed by atoms with E-state index in [1.165, 1.54) is 0 Å². The van der Waals surface area contributed by atoms with Crippen molar-refractivity contribution in [1.82, 2.24) is 15.5 Å². The number of benzene rings is 2. The van der Waals surface area contributed by atoms with Gasteiger partial charge in [0.2, 0.25) is 5.91 Å². The van der Waals surface area contributed by atoms with Crippen LogP contribution in [0, 0.1) is 17.2 Å². The predicted molar refractivity (Wildman–Crippen MR) is 105 cm³/mol. The summed E-state index contributed by atoms with van der Waals surface area (Å²) >= 11 is 6.33. The van der Waals surface area contributed by atoms with Crippen LogP contribution in [0.5, 0.6) is 0 Å². The number of amides is 1. The van der Waals surface area contributed by atoms with Crippen LogP contribution in [0.2, 0.25) is 5.02 Å². The highest BCUT2D eigenvalue weighted by molar-refractivity contribution is 6.33. The first-order valence-corrected chi connectivity index (χ1v) is 9.23. The summed E-state index contributed by atoms with van der Waals surface area (Å²) < 4.78 is 0. The summed E-state index contributed by atoms with van der Waals surface area (Å²) in [6.45, 7) is 1.65. The lowest BCUT2D eigenvalue weighted by molar-refractivity contribution is -0.120. The Morgan fingerprint density at radius 3 is 2.96 bits per heavy atom. The molecule has 1 amide bonds. The summed E-state index contributed by atoms with van der Waals surface area (Å²) in [4.78, 5) is 12.5. The van der Waals surface area contributed by atoms with Gasteiger partial charge in [-0.05, 0) is 55.3 Å². The highest BCUT2D eigenvalue weighted by Crippen LogP contribution is 2.32. The maximum absolute atomic E-state index is 12.5. The van der Waals surface area contributed by atoms with Crippen molar-refractivity contribution < 1.29 is 4.79 Å². The molecular formula is C20H18ClN5O.